The van der Waals surface area contributed by atoms with E-state index >= 15 is 0 Å². The van der Waals surface area contributed by atoms with Crippen molar-refractivity contribution in [2.24, 2.45) is 5.73 Å². The second-order valence-corrected chi connectivity index (χ2v) is 4.50. The molecule has 1 aromatic carbocycles. The van der Waals surface area contributed by atoms with E-state index in [1.807, 2.05) is 20.0 Å². The molecule has 0 amide bonds. The van der Waals surface area contributed by atoms with Crippen molar-refractivity contribution in [1.29, 1.82) is 0 Å². The highest BCUT2D eigenvalue weighted by Gasteiger charge is 2.18. The van der Waals surface area contributed by atoms with Crippen molar-refractivity contribution in [3.05, 3.63) is 35.0 Å². The molecule has 86 valence electrons. The van der Waals surface area contributed by atoms with Crippen molar-refractivity contribution < 1.29 is 5.11 Å². The molecule has 2 atom stereocenters. The van der Waals surface area contributed by atoms with Gasteiger partial charge in [-0.3, -0.25) is 0 Å². The lowest BCUT2D eigenvalue weighted by atomic mass is 9.98. The van der Waals surface area contributed by atoms with Crippen LogP contribution in [0, 0.1) is 13.8 Å². The number of nitrogens with two attached hydrogens (primary N) is 1. The van der Waals surface area contributed by atoms with E-state index in [0.717, 1.165) is 22.0 Å². The number of benzene rings is 1. The van der Waals surface area contributed by atoms with Crippen molar-refractivity contribution in [2.45, 2.75) is 32.9 Å². The van der Waals surface area contributed by atoms with Crippen LogP contribution in [-0.4, -0.2) is 16.1 Å². The van der Waals surface area contributed by atoms with Gasteiger partial charge in [-0.15, -0.1) is 0 Å². The Bertz CT molecular complexity index is 514. The van der Waals surface area contributed by atoms with Gasteiger partial charge in [0, 0.05) is 28.7 Å². The average molecular weight is 218 g/mol. The Morgan fingerprint density at radius 2 is 1.88 bits per heavy atom. The Hall–Kier alpha value is -1.32. The summed E-state index contributed by atoms with van der Waals surface area (Å²) in [5, 5.41) is 11.2. The number of fused-ring (bicyclic) bond motifs is 1. The van der Waals surface area contributed by atoms with Gasteiger partial charge in [0.1, 0.15) is 0 Å². The number of aromatic nitrogens is 1. The minimum absolute atomic E-state index is 0.265. The van der Waals surface area contributed by atoms with E-state index in [1.165, 1.54) is 5.56 Å². The van der Waals surface area contributed by atoms with Crippen molar-refractivity contribution in [3.8, 4) is 0 Å². The lowest BCUT2D eigenvalue weighted by Crippen LogP contribution is -2.24. The van der Waals surface area contributed by atoms with Crippen LogP contribution in [0.15, 0.2) is 18.3 Å². The van der Waals surface area contributed by atoms with Crippen LogP contribution in [0.3, 0.4) is 0 Å². The Morgan fingerprint density at radius 1 is 1.25 bits per heavy atom. The van der Waals surface area contributed by atoms with Crippen LogP contribution in [0.4, 0.5) is 0 Å². The van der Waals surface area contributed by atoms with Gasteiger partial charge >= 0.3 is 0 Å². The monoisotopic (exact) mass is 218 g/mol. The van der Waals surface area contributed by atoms with Gasteiger partial charge in [0.05, 0.1) is 6.10 Å². The average Bonchev–Trinajstić information content (AvgIpc) is 2.67. The highest BCUT2D eigenvalue weighted by atomic mass is 16.3. The number of aromatic amines is 1. The van der Waals surface area contributed by atoms with Crippen molar-refractivity contribution in [3.63, 3.8) is 0 Å². The molecule has 0 bridgehead atoms. The number of nitrogens with one attached hydrogen (secondary N) is 1. The van der Waals surface area contributed by atoms with Crippen molar-refractivity contribution in [2.75, 3.05) is 0 Å². The number of aliphatic hydroxyl groups is 1. The molecule has 0 fully saturated rings. The van der Waals surface area contributed by atoms with Crippen molar-refractivity contribution >= 4 is 10.9 Å². The van der Waals surface area contributed by atoms with Crippen molar-refractivity contribution in [1.82, 2.24) is 4.98 Å². The summed E-state index contributed by atoms with van der Waals surface area (Å²) < 4.78 is 0. The predicted molar refractivity (Wildman–Crippen MR) is 66.4 cm³/mol. The maximum absolute atomic E-state index is 10.1. The number of hydrogen-bond acceptors (Lipinski definition) is 2. The molecule has 2 rings (SSSR count). The van der Waals surface area contributed by atoms with Crippen LogP contribution in [0.25, 0.3) is 10.9 Å². The van der Waals surface area contributed by atoms with Crippen LogP contribution in [0.5, 0.6) is 0 Å². The highest BCUT2D eigenvalue weighted by molar-refractivity contribution is 5.89. The first-order valence-corrected chi connectivity index (χ1v) is 5.53. The standard InChI is InChI=1S/C13H18N2O/c1-7-4-5-8(2)12-11(7)10(6-15-12)13(16)9(3)14/h4-6,9,13,15-16H,14H2,1-3H3. The maximum atomic E-state index is 10.1. The quantitative estimate of drug-likeness (QED) is 0.723. The van der Waals surface area contributed by atoms with E-state index in [-0.39, 0.29) is 6.04 Å². The molecule has 2 unspecified atom stereocenters. The van der Waals surface area contributed by atoms with Gasteiger partial charge < -0.3 is 15.8 Å². The van der Waals surface area contributed by atoms with Crippen LogP contribution < -0.4 is 5.73 Å². The van der Waals surface area contributed by atoms with E-state index < -0.39 is 6.10 Å². The lowest BCUT2D eigenvalue weighted by Gasteiger charge is -2.14. The first-order chi connectivity index (χ1) is 7.52. The van der Waals surface area contributed by atoms with E-state index in [0.29, 0.717) is 0 Å². The largest absolute Gasteiger partial charge is 0.387 e. The summed E-state index contributed by atoms with van der Waals surface area (Å²) in [5.41, 5.74) is 10.1. The fourth-order valence-electron chi connectivity index (χ4n) is 2.11. The second-order valence-electron chi connectivity index (χ2n) is 4.50. The molecule has 0 saturated heterocycles. The molecule has 0 spiro atoms. The molecular weight excluding hydrogens is 200 g/mol. The van der Waals surface area contributed by atoms with Crippen LogP contribution in [-0.2, 0) is 0 Å². The molecule has 3 nitrogen and oxygen atoms in total. The summed E-state index contributed by atoms with van der Waals surface area (Å²) in [6.07, 6.45) is 1.24. The molecule has 16 heavy (non-hydrogen) atoms. The van der Waals surface area contributed by atoms with Gasteiger partial charge in [0.15, 0.2) is 0 Å². The highest BCUT2D eigenvalue weighted by Crippen LogP contribution is 2.30. The Morgan fingerprint density at radius 3 is 2.50 bits per heavy atom. The van der Waals surface area contributed by atoms with E-state index in [9.17, 15) is 5.11 Å². The van der Waals surface area contributed by atoms with Gasteiger partial charge in [-0.25, -0.2) is 0 Å². The third kappa shape index (κ3) is 1.62. The van der Waals surface area contributed by atoms with Crippen LogP contribution in [0.1, 0.15) is 29.7 Å². The summed E-state index contributed by atoms with van der Waals surface area (Å²) >= 11 is 0. The minimum Gasteiger partial charge on any atom is -0.387 e. The Labute approximate surface area is 95.3 Å². The molecule has 1 heterocycles. The summed E-state index contributed by atoms with van der Waals surface area (Å²) in [6, 6.07) is 3.89. The normalized spacial score (nSPS) is 15.3. The molecule has 4 N–H and O–H groups in total. The fourth-order valence-corrected chi connectivity index (χ4v) is 2.11. The molecule has 0 radical (unpaired) electrons. The molecule has 1 aromatic heterocycles. The van der Waals surface area contributed by atoms with Gasteiger partial charge in [-0.05, 0) is 31.9 Å². The molecule has 0 aliphatic heterocycles. The number of aliphatic hydroxyl groups excluding tert-OH is 1. The zero-order valence-corrected chi connectivity index (χ0v) is 9.91. The minimum atomic E-state index is -0.616. The lowest BCUT2D eigenvalue weighted by molar-refractivity contribution is 0.155. The first kappa shape index (κ1) is 11.2. The number of aryl methyl sites for hydroxylation is 2. The fraction of sp³-hybridized carbons (Fsp3) is 0.385. The molecule has 0 saturated carbocycles. The molecular formula is C13H18N2O. The molecule has 0 aliphatic rings. The first-order valence-electron chi connectivity index (χ1n) is 5.53. The summed E-state index contributed by atoms with van der Waals surface area (Å²) in [7, 11) is 0. The third-order valence-electron chi connectivity index (χ3n) is 3.10. The van der Waals surface area contributed by atoms with Crippen LogP contribution in [0.2, 0.25) is 0 Å². The van der Waals surface area contributed by atoms with Gasteiger partial charge in [0.25, 0.3) is 0 Å². The Kier molecular flexibility index (Phi) is 2.74. The SMILES string of the molecule is Cc1ccc(C)c2c(C(O)C(C)N)c[nH]c12. The van der Waals surface area contributed by atoms with Gasteiger partial charge in [0.2, 0.25) is 0 Å². The molecule has 0 aliphatic carbocycles. The van der Waals surface area contributed by atoms with E-state index in [4.69, 9.17) is 5.73 Å². The number of hydrogen-bond donors (Lipinski definition) is 3. The smallest absolute Gasteiger partial charge is 0.0958 e. The molecule has 2 aromatic rings. The zero-order valence-electron chi connectivity index (χ0n) is 9.91. The predicted octanol–water partition coefficient (Wildman–Crippen LogP) is 2.17. The topological polar surface area (TPSA) is 62.0 Å². The van der Waals surface area contributed by atoms with E-state index in [1.54, 1.807) is 0 Å². The van der Waals surface area contributed by atoms with Crippen LogP contribution >= 0.6 is 0 Å². The van der Waals surface area contributed by atoms with E-state index in [2.05, 4.69) is 24.0 Å². The van der Waals surface area contributed by atoms with Gasteiger partial charge in [-0.2, -0.15) is 0 Å². The summed E-state index contributed by atoms with van der Waals surface area (Å²) in [6.45, 7) is 5.92. The zero-order chi connectivity index (χ0) is 11.9. The summed E-state index contributed by atoms with van der Waals surface area (Å²) in [4.78, 5) is 3.22. The number of rotatable bonds is 2. The van der Waals surface area contributed by atoms with Gasteiger partial charge in [-0.1, -0.05) is 12.1 Å². The third-order valence-corrected chi connectivity index (χ3v) is 3.10. The summed E-state index contributed by atoms with van der Waals surface area (Å²) in [5.74, 6) is 0. The number of H-pyrrole nitrogens is 1. The maximum Gasteiger partial charge on any atom is 0.0958 e. The molecule has 3 heteroatoms. The Balaban J connectivity index is 2.68. The second kappa shape index (κ2) is 3.92.